The van der Waals surface area contributed by atoms with Gasteiger partial charge < -0.3 is 14.8 Å². The van der Waals surface area contributed by atoms with Gasteiger partial charge in [-0.25, -0.2) is 4.99 Å². The first-order valence-corrected chi connectivity index (χ1v) is 12.1. The molecule has 6 nitrogen and oxygen atoms in total. The second-order valence-electron chi connectivity index (χ2n) is 7.15. The van der Waals surface area contributed by atoms with E-state index in [0.717, 1.165) is 27.0 Å². The Morgan fingerprint density at radius 3 is 2.68 bits per heavy atom. The van der Waals surface area contributed by atoms with Crippen LogP contribution < -0.4 is 14.8 Å². The maximum Gasteiger partial charge on any atom is 0.264 e. The topological polar surface area (TPSA) is 83.7 Å². The van der Waals surface area contributed by atoms with Crippen LogP contribution in [0.15, 0.2) is 81.1 Å². The summed E-state index contributed by atoms with van der Waals surface area (Å²) < 4.78 is 12.3. The number of carbonyl (C=O) groups excluding carboxylic acids is 1. The molecule has 1 heterocycles. The Hall–Kier alpha value is -3.54. The average molecular weight is 534 g/mol. The first-order chi connectivity index (χ1) is 16.6. The Morgan fingerprint density at radius 2 is 1.91 bits per heavy atom. The van der Waals surface area contributed by atoms with Gasteiger partial charge in [0.05, 0.1) is 28.8 Å². The van der Waals surface area contributed by atoms with Crippen molar-refractivity contribution in [2.45, 2.75) is 13.5 Å². The third-order valence-electron chi connectivity index (χ3n) is 4.81. The van der Waals surface area contributed by atoms with Gasteiger partial charge in [-0.15, -0.1) is 0 Å². The lowest BCUT2D eigenvalue weighted by Gasteiger charge is -2.11. The summed E-state index contributed by atoms with van der Waals surface area (Å²) in [7, 11) is 0. The quantitative estimate of drug-likeness (QED) is 0.366. The predicted octanol–water partition coefficient (Wildman–Crippen LogP) is 6.19. The standard InChI is InChI=1S/C26H20BrN3O3S/c1-2-32-22-10-8-21(9-11-22)29-26-30-25(31)24(34-26)14-19-13-20(27)7-12-23(19)33-16-18-6-4-3-5-17(18)15-28/h3-14H,2,16H2,1H3,(H,29,30,31)/b24-14+. The number of thioether (sulfide) groups is 1. The lowest BCUT2D eigenvalue weighted by Crippen LogP contribution is -2.19. The van der Waals surface area contributed by atoms with Gasteiger partial charge in [0.1, 0.15) is 18.1 Å². The normalized spacial score (nSPS) is 15.3. The van der Waals surface area contributed by atoms with Crippen LogP contribution in [-0.2, 0) is 11.4 Å². The molecule has 4 rings (SSSR count). The number of nitrogens with one attached hydrogen (secondary N) is 1. The number of nitrogens with zero attached hydrogens (tertiary/aromatic N) is 2. The minimum atomic E-state index is -0.226. The van der Waals surface area contributed by atoms with Gasteiger partial charge in [-0.2, -0.15) is 5.26 Å². The SMILES string of the molecule is CCOc1ccc(N=C2NC(=O)/C(=C\c3cc(Br)ccc3OCc3ccccc3C#N)S2)cc1. The van der Waals surface area contributed by atoms with E-state index in [1.807, 2.05) is 67.6 Å². The van der Waals surface area contributed by atoms with Crippen molar-refractivity contribution < 1.29 is 14.3 Å². The van der Waals surface area contributed by atoms with Crippen LogP contribution in [0.2, 0.25) is 0 Å². The van der Waals surface area contributed by atoms with E-state index in [-0.39, 0.29) is 12.5 Å². The molecule has 1 fully saturated rings. The molecule has 0 radical (unpaired) electrons. The van der Waals surface area contributed by atoms with Gasteiger partial charge in [0.2, 0.25) is 0 Å². The molecule has 34 heavy (non-hydrogen) atoms. The van der Waals surface area contributed by atoms with Gasteiger partial charge in [0, 0.05) is 15.6 Å². The summed E-state index contributed by atoms with van der Waals surface area (Å²) in [5.41, 5.74) is 2.82. The van der Waals surface area contributed by atoms with E-state index in [9.17, 15) is 10.1 Å². The number of rotatable bonds is 7. The molecule has 0 bridgehead atoms. The number of hydrogen-bond acceptors (Lipinski definition) is 6. The molecule has 3 aromatic carbocycles. The number of aliphatic imine (C=N–C) groups is 1. The van der Waals surface area contributed by atoms with Gasteiger partial charge in [-0.3, -0.25) is 4.79 Å². The fraction of sp³-hybridized carbons (Fsp3) is 0.115. The molecule has 3 aromatic rings. The Kier molecular flexibility index (Phi) is 7.68. The lowest BCUT2D eigenvalue weighted by atomic mass is 10.1. The molecule has 0 saturated carbocycles. The highest BCUT2D eigenvalue weighted by Crippen LogP contribution is 2.32. The summed E-state index contributed by atoms with van der Waals surface area (Å²) in [6.45, 7) is 2.77. The second kappa shape index (κ2) is 11.1. The number of hydrogen-bond donors (Lipinski definition) is 1. The van der Waals surface area contributed by atoms with E-state index in [0.29, 0.717) is 28.0 Å². The Bertz CT molecular complexity index is 1310. The second-order valence-corrected chi connectivity index (χ2v) is 9.09. The van der Waals surface area contributed by atoms with Crippen LogP contribution in [0.5, 0.6) is 11.5 Å². The first-order valence-electron chi connectivity index (χ1n) is 10.5. The minimum Gasteiger partial charge on any atom is -0.494 e. The third kappa shape index (κ3) is 5.87. The van der Waals surface area contributed by atoms with E-state index in [4.69, 9.17) is 9.47 Å². The third-order valence-corrected chi connectivity index (χ3v) is 6.21. The summed E-state index contributed by atoms with van der Waals surface area (Å²) >= 11 is 4.75. The molecule has 1 aliphatic rings. The summed E-state index contributed by atoms with van der Waals surface area (Å²) in [6, 6.07) is 22.4. The van der Waals surface area contributed by atoms with Crippen molar-refractivity contribution in [3.05, 3.63) is 92.8 Å². The molecule has 0 aliphatic carbocycles. The highest BCUT2D eigenvalue weighted by molar-refractivity contribution is 9.10. The number of benzene rings is 3. The summed E-state index contributed by atoms with van der Waals surface area (Å²) in [4.78, 5) is 17.6. The molecule has 0 spiro atoms. The number of carbonyl (C=O) groups is 1. The van der Waals surface area contributed by atoms with Gasteiger partial charge in [-0.1, -0.05) is 34.1 Å². The van der Waals surface area contributed by atoms with Gasteiger partial charge in [-0.05, 0) is 73.3 Å². The van der Waals surface area contributed by atoms with Crippen LogP contribution in [0.25, 0.3) is 6.08 Å². The van der Waals surface area contributed by atoms with E-state index < -0.39 is 0 Å². The Labute approximate surface area is 210 Å². The maximum atomic E-state index is 12.6. The predicted molar refractivity (Wildman–Crippen MR) is 138 cm³/mol. The van der Waals surface area contributed by atoms with Crippen LogP contribution in [-0.4, -0.2) is 17.7 Å². The lowest BCUT2D eigenvalue weighted by molar-refractivity contribution is -0.115. The number of ether oxygens (including phenoxy) is 2. The number of amides is 1. The molecular formula is C26H20BrN3O3S. The van der Waals surface area contributed by atoms with Crippen molar-refractivity contribution in [2.75, 3.05) is 6.61 Å². The van der Waals surface area contributed by atoms with Crippen LogP contribution >= 0.6 is 27.7 Å². The minimum absolute atomic E-state index is 0.226. The zero-order chi connectivity index (χ0) is 23.9. The zero-order valence-corrected chi connectivity index (χ0v) is 20.7. The largest absolute Gasteiger partial charge is 0.494 e. The molecule has 1 amide bonds. The van der Waals surface area contributed by atoms with Crippen LogP contribution in [0.1, 0.15) is 23.6 Å². The molecule has 0 aromatic heterocycles. The first kappa shape index (κ1) is 23.6. The van der Waals surface area contributed by atoms with Crippen molar-refractivity contribution >= 4 is 50.5 Å². The van der Waals surface area contributed by atoms with Crippen LogP contribution in [0, 0.1) is 11.3 Å². The van der Waals surface area contributed by atoms with Gasteiger partial charge in [0.25, 0.3) is 5.91 Å². The number of halogens is 1. The van der Waals surface area contributed by atoms with E-state index >= 15 is 0 Å². The molecule has 0 atom stereocenters. The summed E-state index contributed by atoms with van der Waals surface area (Å²) in [6.07, 6.45) is 1.77. The fourth-order valence-electron chi connectivity index (χ4n) is 3.20. The van der Waals surface area contributed by atoms with Crippen molar-refractivity contribution in [1.82, 2.24) is 5.32 Å². The van der Waals surface area contributed by atoms with Crippen LogP contribution in [0.4, 0.5) is 5.69 Å². The van der Waals surface area contributed by atoms with Gasteiger partial charge >= 0.3 is 0 Å². The van der Waals surface area contributed by atoms with E-state index in [2.05, 4.69) is 32.3 Å². The molecule has 8 heteroatoms. The summed E-state index contributed by atoms with van der Waals surface area (Å²) in [5, 5.41) is 12.6. The highest BCUT2D eigenvalue weighted by Gasteiger charge is 2.24. The molecule has 1 N–H and O–H groups in total. The summed E-state index contributed by atoms with van der Waals surface area (Å²) in [5.74, 6) is 1.15. The van der Waals surface area contributed by atoms with E-state index in [1.165, 1.54) is 11.8 Å². The molecule has 0 unspecified atom stereocenters. The number of amidine groups is 1. The Morgan fingerprint density at radius 1 is 1.12 bits per heavy atom. The van der Waals surface area contributed by atoms with Crippen molar-refractivity contribution in [3.63, 3.8) is 0 Å². The molecule has 170 valence electrons. The monoisotopic (exact) mass is 533 g/mol. The smallest absolute Gasteiger partial charge is 0.264 e. The average Bonchev–Trinajstić information content (AvgIpc) is 3.18. The number of nitriles is 1. The Balaban J connectivity index is 1.53. The molecular weight excluding hydrogens is 514 g/mol. The fourth-order valence-corrected chi connectivity index (χ4v) is 4.41. The van der Waals surface area contributed by atoms with Gasteiger partial charge in [0.15, 0.2) is 5.17 Å². The molecule has 1 aliphatic heterocycles. The van der Waals surface area contributed by atoms with E-state index in [1.54, 1.807) is 12.1 Å². The van der Waals surface area contributed by atoms with Crippen molar-refractivity contribution in [1.29, 1.82) is 5.26 Å². The van der Waals surface area contributed by atoms with Crippen LogP contribution in [0.3, 0.4) is 0 Å². The molecule has 1 saturated heterocycles. The highest BCUT2D eigenvalue weighted by atomic mass is 79.9. The van der Waals surface area contributed by atoms with Crippen molar-refractivity contribution in [3.8, 4) is 17.6 Å². The zero-order valence-electron chi connectivity index (χ0n) is 18.2. The maximum absolute atomic E-state index is 12.6. The van der Waals surface area contributed by atoms with Crippen molar-refractivity contribution in [2.24, 2.45) is 4.99 Å².